The largest absolute Gasteiger partial charge is 0.504 e. The number of aromatic nitrogens is 1. The fraction of sp³-hybridized carbons (Fsp3) is 0.500. The molecule has 92 valence electrons. The summed E-state index contributed by atoms with van der Waals surface area (Å²) in [5, 5.41) is 15.2. The molecule has 1 aromatic heterocycles. The molecule has 0 spiro atoms. The third-order valence-electron chi connectivity index (χ3n) is 2.95. The van der Waals surface area contributed by atoms with Gasteiger partial charge in [0.2, 0.25) is 5.91 Å². The fourth-order valence-corrected chi connectivity index (χ4v) is 2.04. The van der Waals surface area contributed by atoms with Crippen molar-refractivity contribution in [1.82, 2.24) is 10.3 Å². The van der Waals surface area contributed by atoms with Crippen molar-refractivity contribution in [1.29, 1.82) is 0 Å². The number of carbonyl (C=O) groups is 1. The van der Waals surface area contributed by atoms with Crippen molar-refractivity contribution in [3.63, 3.8) is 0 Å². The molecule has 17 heavy (non-hydrogen) atoms. The van der Waals surface area contributed by atoms with Crippen LogP contribution in [0.1, 0.15) is 25.7 Å². The van der Waals surface area contributed by atoms with Crippen molar-refractivity contribution in [2.24, 2.45) is 0 Å². The molecule has 3 N–H and O–H groups in total. The van der Waals surface area contributed by atoms with Crippen LogP contribution in [0.3, 0.4) is 0 Å². The first-order chi connectivity index (χ1) is 8.25. The summed E-state index contributed by atoms with van der Waals surface area (Å²) in [7, 11) is 0. The Labute approximate surface area is 100 Å². The van der Waals surface area contributed by atoms with Gasteiger partial charge in [0.1, 0.15) is 0 Å². The standard InChI is InChI=1S/C12H17N3O2/c16-10-6-3-7-13-12(10)15-11(17)8-14-9-4-1-2-5-9/h3,6-7,9,14,16H,1-2,4-5,8H2,(H,13,15,17). The highest BCUT2D eigenvalue weighted by Gasteiger charge is 2.15. The predicted molar refractivity (Wildman–Crippen MR) is 64.8 cm³/mol. The summed E-state index contributed by atoms with van der Waals surface area (Å²) in [6.07, 6.45) is 6.28. The van der Waals surface area contributed by atoms with Crippen molar-refractivity contribution in [3.8, 4) is 5.75 Å². The van der Waals surface area contributed by atoms with Crippen LogP contribution in [0, 0.1) is 0 Å². The van der Waals surface area contributed by atoms with Crippen LogP contribution >= 0.6 is 0 Å². The van der Waals surface area contributed by atoms with E-state index in [1.165, 1.54) is 25.1 Å². The van der Waals surface area contributed by atoms with Crippen LogP contribution in [0.4, 0.5) is 5.82 Å². The van der Waals surface area contributed by atoms with Gasteiger partial charge in [0.05, 0.1) is 6.54 Å². The molecule has 1 amide bonds. The highest BCUT2D eigenvalue weighted by atomic mass is 16.3. The van der Waals surface area contributed by atoms with Crippen molar-refractivity contribution < 1.29 is 9.90 Å². The maximum Gasteiger partial charge on any atom is 0.239 e. The van der Waals surface area contributed by atoms with E-state index < -0.39 is 0 Å². The number of aromatic hydroxyl groups is 1. The second-order valence-electron chi connectivity index (χ2n) is 4.28. The average Bonchev–Trinajstić information content (AvgIpc) is 2.82. The molecular formula is C12H17N3O2. The van der Waals surface area contributed by atoms with Gasteiger partial charge in [-0.15, -0.1) is 0 Å². The molecule has 2 rings (SSSR count). The van der Waals surface area contributed by atoms with E-state index >= 15 is 0 Å². The summed E-state index contributed by atoms with van der Waals surface area (Å²) in [6, 6.07) is 3.56. The van der Waals surface area contributed by atoms with Crippen molar-refractivity contribution in [2.75, 3.05) is 11.9 Å². The van der Waals surface area contributed by atoms with Crippen LogP contribution < -0.4 is 10.6 Å². The van der Waals surface area contributed by atoms with Gasteiger partial charge in [-0.05, 0) is 25.0 Å². The van der Waals surface area contributed by atoms with E-state index in [-0.39, 0.29) is 24.0 Å². The molecule has 0 unspecified atom stereocenters. The van der Waals surface area contributed by atoms with Gasteiger partial charge in [0.25, 0.3) is 0 Å². The summed E-state index contributed by atoms with van der Waals surface area (Å²) in [5.74, 6) is 0.0262. The Morgan fingerprint density at radius 2 is 2.24 bits per heavy atom. The number of pyridine rings is 1. The summed E-state index contributed by atoms with van der Waals surface area (Å²) in [4.78, 5) is 15.5. The molecule has 1 heterocycles. The highest BCUT2D eigenvalue weighted by molar-refractivity contribution is 5.92. The first-order valence-electron chi connectivity index (χ1n) is 5.93. The second-order valence-corrected chi connectivity index (χ2v) is 4.28. The molecule has 0 radical (unpaired) electrons. The zero-order valence-corrected chi connectivity index (χ0v) is 9.65. The highest BCUT2D eigenvalue weighted by Crippen LogP contribution is 2.19. The third-order valence-corrected chi connectivity index (χ3v) is 2.95. The minimum Gasteiger partial charge on any atom is -0.504 e. The molecule has 0 bridgehead atoms. The van der Waals surface area contributed by atoms with Crippen molar-refractivity contribution >= 4 is 11.7 Å². The first kappa shape index (κ1) is 11.9. The number of carbonyl (C=O) groups excluding carboxylic acids is 1. The zero-order valence-electron chi connectivity index (χ0n) is 9.65. The maximum absolute atomic E-state index is 11.6. The minimum atomic E-state index is -0.175. The summed E-state index contributed by atoms with van der Waals surface area (Å²) >= 11 is 0. The van der Waals surface area contributed by atoms with Crippen LogP contribution in [-0.4, -0.2) is 28.6 Å². The van der Waals surface area contributed by atoms with Gasteiger partial charge in [-0.25, -0.2) is 4.98 Å². The smallest absolute Gasteiger partial charge is 0.239 e. The van der Waals surface area contributed by atoms with Gasteiger partial charge in [0.15, 0.2) is 11.6 Å². The number of amides is 1. The number of hydrogen-bond donors (Lipinski definition) is 3. The third kappa shape index (κ3) is 3.42. The Morgan fingerprint density at radius 3 is 2.94 bits per heavy atom. The topological polar surface area (TPSA) is 74.2 Å². The number of anilines is 1. The van der Waals surface area contributed by atoms with Crippen LogP contribution in [0.2, 0.25) is 0 Å². The van der Waals surface area contributed by atoms with Gasteiger partial charge in [-0.1, -0.05) is 12.8 Å². The molecular weight excluding hydrogens is 218 g/mol. The Kier molecular flexibility index (Phi) is 3.93. The van der Waals surface area contributed by atoms with Gasteiger partial charge < -0.3 is 15.7 Å². The number of nitrogens with zero attached hydrogens (tertiary/aromatic N) is 1. The number of rotatable bonds is 4. The lowest BCUT2D eigenvalue weighted by Gasteiger charge is -2.11. The molecule has 1 aliphatic carbocycles. The normalized spacial score (nSPS) is 16.0. The lowest BCUT2D eigenvalue weighted by atomic mass is 10.2. The predicted octanol–water partition coefficient (Wildman–Crippen LogP) is 1.26. The Bertz CT molecular complexity index is 389. The molecule has 1 aromatic rings. The SMILES string of the molecule is O=C(CNC1CCCC1)Nc1ncccc1O. The van der Waals surface area contributed by atoms with Crippen LogP contribution in [-0.2, 0) is 4.79 Å². The monoisotopic (exact) mass is 235 g/mol. The molecule has 1 fully saturated rings. The molecule has 5 heteroatoms. The lowest BCUT2D eigenvalue weighted by Crippen LogP contribution is -2.34. The molecule has 1 saturated carbocycles. The number of hydrogen-bond acceptors (Lipinski definition) is 4. The molecule has 0 aromatic carbocycles. The quantitative estimate of drug-likeness (QED) is 0.734. The minimum absolute atomic E-state index is 0.0123. The van der Waals surface area contributed by atoms with E-state index in [1.54, 1.807) is 6.07 Å². The van der Waals surface area contributed by atoms with E-state index in [9.17, 15) is 9.90 Å². The summed E-state index contributed by atoms with van der Waals surface area (Å²) in [6.45, 7) is 0.265. The molecule has 1 aliphatic rings. The van der Waals surface area contributed by atoms with Gasteiger partial charge >= 0.3 is 0 Å². The maximum atomic E-state index is 11.6. The number of nitrogens with one attached hydrogen (secondary N) is 2. The van der Waals surface area contributed by atoms with Crippen LogP contribution in [0.25, 0.3) is 0 Å². The Hall–Kier alpha value is -1.62. The van der Waals surface area contributed by atoms with E-state index in [0.717, 1.165) is 12.8 Å². The first-order valence-corrected chi connectivity index (χ1v) is 5.93. The molecule has 0 atom stereocenters. The Balaban J connectivity index is 1.79. The van der Waals surface area contributed by atoms with Crippen LogP contribution in [0.15, 0.2) is 18.3 Å². The van der Waals surface area contributed by atoms with E-state index in [4.69, 9.17) is 0 Å². The van der Waals surface area contributed by atoms with Gasteiger partial charge in [-0.2, -0.15) is 0 Å². The molecule has 5 nitrogen and oxygen atoms in total. The van der Waals surface area contributed by atoms with Crippen molar-refractivity contribution in [2.45, 2.75) is 31.7 Å². The van der Waals surface area contributed by atoms with Gasteiger partial charge in [0, 0.05) is 12.2 Å². The van der Waals surface area contributed by atoms with E-state index in [1.807, 2.05) is 0 Å². The summed E-state index contributed by atoms with van der Waals surface area (Å²) in [5.41, 5.74) is 0. The summed E-state index contributed by atoms with van der Waals surface area (Å²) < 4.78 is 0. The van der Waals surface area contributed by atoms with Crippen LogP contribution in [0.5, 0.6) is 5.75 Å². The van der Waals surface area contributed by atoms with Gasteiger partial charge in [-0.3, -0.25) is 4.79 Å². The molecule has 0 saturated heterocycles. The van der Waals surface area contributed by atoms with E-state index in [0.29, 0.717) is 6.04 Å². The zero-order chi connectivity index (χ0) is 12.1. The fourth-order valence-electron chi connectivity index (χ4n) is 2.04. The second kappa shape index (κ2) is 5.63. The van der Waals surface area contributed by atoms with Crippen molar-refractivity contribution in [3.05, 3.63) is 18.3 Å². The lowest BCUT2D eigenvalue weighted by molar-refractivity contribution is -0.115. The van der Waals surface area contributed by atoms with E-state index in [2.05, 4.69) is 15.6 Å². The molecule has 0 aliphatic heterocycles. The Morgan fingerprint density at radius 1 is 1.47 bits per heavy atom. The average molecular weight is 235 g/mol.